The van der Waals surface area contributed by atoms with Crippen molar-refractivity contribution in [3.63, 3.8) is 0 Å². The summed E-state index contributed by atoms with van der Waals surface area (Å²) in [6.07, 6.45) is 4.51. The molecule has 0 spiro atoms. The first kappa shape index (κ1) is 19.6. The van der Waals surface area contributed by atoms with E-state index in [-0.39, 0.29) is 11.2 Å². The summed E-state index contributed by atoms with van der Waals surface area (Å²) in [5, 5.41) is 0.927. The molecule has 0 unspecified atom stereocenters. The highest BCUT2D eigenvalue weighted by Gasteiger charge is 2.15. The van der Waals surface area contributed by atoms with Gasteiger partial charge in [0.2, 0.25) is 5.43 Å². The molecule has 0 radical (unpaired) electrons. The fourth-order valence-electron chi connectivity index (χ4n) is 3.29. The van der Waals surface area contributed by atoms with Crippen LogP contribution in [0.3, 0.4) is 0 Å². The molecule has 4 heteroatoms. The summed E-state index contributed by atoms with van der Waals surface area (Å²) in [4.78, 5) is 13.2. The first-order chi connectivity index (χ1) is 14.5. The summed E-state index contributed by atoms with van der Waals surface area (Å²) in [6.45, 7) is 6.04. The van der Waals surface area contributed by atoms with E-state index < -0.39 is 0 Å². The number of hydrogen-bond acceptors (Lipinski definition) is 3. The maximum atomic E-state index is 13.2. The van der Waals surface area contributed by atoms with E-state index in [1.54, 1.807) is 30.3 Å². The monoisotopic (exact) mass is 400 g/mol. The van der Waals surface area contributed by atoms with E-state index in [0.29, 0.717) is 40.7 Å². The Hall–Kier alpha value is -3.66. The van der Waals surface area contributed by atoms with E-state index in [4.69, 9.17) is 9.15 Å². The minimum absolute atomic E-state index is 0.127. The van der Waals surface area contributed by atoms with Gasteiger partial charge in [0, 0.05) is 5.56 Å². The number of ether oxygens (including phenoxy) is 1. The van der Waals surface area contributed by atoms with Crippen LogP contribution in [0.5, 0.6) is 5.75 Å². The minimum Gasteiger partial charge on any atom is -0.488 e. The molecule has 0 atom stereocenters. The molecular weight excluding hydrogens is 379 g/mol. The number of halogens is 1. The van der Waals surface area contributed by atoms with Gasteiger partial charge >= 0.3 is 0 Å². The molecule has 0 saturated carbocycles. The number of allylic oxidation sites excluding steroid dienone is 1. The van der Waals surface area contributed by atoms with Crippen LogP contribution in [0.1, 0.15) is 18.1 Å². The largest absolute Gasteiger partial charge is 0.488 e. The van der Waals surface area contributed by atoms with E-state index in [2.05, 4.69) is 6.58 Å². The van der Waals surface area contributed by atoms with Gasteiger partial charge in [0.25, 0.3) is 0 Å². The summed E-state index contributed by atoms with van der Waals surface area (Å²) in [5.41, 5.74) is 3.50. The molecule has 0 bridgehead atoms. The molecule has 0 amide bonds. The van der Waals surface area contributed by atoms with Crippen LogP contribution in [0.2, 0.25) is 0 Å². The third-order valence-corrected chi connectivity index (χ3v) is 4.76. The number of benzene rings is 3. The number of para-hydroxylation sites is 1. The fraction of sp³-hybridized carbons (Fsp3) is 0.115. The maximum absolute atomic E-state index is 13.2. The van der Waals surface area contributed by atoms with Crippen LogP contribution in [0.25, 0.3) is 28.0 Å². The van der Waals surface area contributed by atoms with Gasteiger partial charge in [0.1, 0.15) is 34.7 Å². The molecule has 4 rings (SSSR count). The van der Waals surface area contributed by atoms with Crippen molar-refractivity contribution in [1.82, 2.24) is 0 Å². The van der Waals surface area contributed by atoms with E-state index in [9.17, 15) is 9.18 Å². The highest BCUT2D eigenvalue weighted by Crippen LogP contribution is 2.30. The topological polar surface area (TPSA) is 39.4 Å². The van der Waals surface area contributed by atoms with E-state index >= 15 is 0 Å². The van der Waals surface area contributed by atoms with Crippen LogP contribution in [0.4, 0.5) is 4.39 Å². The highest BCUT2D eigenvalue weighted by atomic mass is 19.1. The third kappa shape index (κ3) is 4.03. The molecule has 4 aromatic rings. The third-order valence-electron chi connectivity index (χ3n) is 4.76. The van der Waals surface area contributed by atoms with Gasteiger partial charge in [0.15, 0.2) is 0 Å². The van der Waals surface area contributed by atoms with Crippen molar-refractivity contribution in [3.8, 4) is 5.75 Å². The summed E-state index contributed by atoms with van der Waals surface area (Å²) in [7, 11) is 0. The zero-order valence-corrected chi connectivity index (χ0v) is 16.7. The summed E-state index contributed by atoms with van der Waals surface area (Å²) >= 11 is 0. The van der Waals surface area contributed by atoms with Crippen LogP contribution in [-0.4, -0.2) is 6.61 Å². The number of fused-ring (bicyclic) bond motifs is 2. The van der Waals surface area contributed by atoms with Gasteiger partial charge in [0.05, 0.1) is 5.39 Å². The van der Waals surface area contributed by atoms with Gasteiger partial charge in [-0.05, 0) is 60.9 Å². The van der Waals surface area contributed by atoms with Gasteiger partial charge in [-0.2, -0.15) is 0 Å². The summed E-state index contributed by atoms with van der Waals surface area (Å²) in [6, 6.07) is 17.2. The molecule has 0 aliphatic heterocycles. The van der Waals surface area contributed by atoms with Crippen LogP contribution in [0.15, 0.2) is 88.1 Å². The van der Waals surface area contributed by atoms with Crippen LogP contribution in [0, 0.1) is 5.82 Å². The Morgan fingerprint density at radius 3 is 2.63 bits per heavy atom. The van der Waals surface area contributed by atoms with Gasteiger partial charge in [-0.3, -0.25) is 4.79 Å². The van der Waals surface area contributed by atoms with Crippen molar-refractivity contribution >= 4 is 28.0 Å². The van der Waals surface area contributed by atoms with Gasteiger partial charge in [-0.25, -0.2) is 4.39 Å². The average molecular weight is 400 g/mol. The SMILES string of the molecule is C=C(C)COc1ccc(C=CCc2ccc(F)cc2)c2oc3ccccc3c(=O)c12. The minimum atomic E-state index is -0.257. The number of hydrogen-bond donors (Lipinski definition) is 0. The molecule has 3 aromatic carbocycles. The first-order valence-electron chi connectivity index (χ1n) is 9.69. The zero-order valence-electron chi connectivity index (χ0n) is 16.7. The molecule has 0 N–H and O–H groups in total. The second-order valence-corrected chi connectivity index (χ2v) is 7.26. The Bertz CT molecular complexity index is 1310. The van der Waals surface area contributed by atoms with Crippen molar-refractivity contribution < 1.29 is 13.5 Å². The average Bonchev–Trinajstić information content (AvgIpc) is 2.74. The Morgan fingerprint density at radius 1 is 1.10 bits per heavy atom. The van der Waals surface area contributed by atoms with E-state index in [0.717, 1.165) is 16.7 Å². The lowest BCUT2D eigenvalue weighted by Crippen LogP contribution is -2.07. The summed E-state index contributed by atoms with van der Waals surface area (Å²) in [5.74, 6) is 0.218. The molecule has 150 valence electrons. The van der Waals surface area contributed by atoms with Crippen LogP contribution in [-0.2, 0) is 6.42 Å². The molecule has 0 saturated heterocycles. The van der Waals surface area contributed by atoms with Crippen molar-refractivity contribution in [2.75, 3.05) is 6.61 Å². The quantitative estimate of drug-likeness (QED) is 0.282. The Morgan fingerprint density at radius 2 is 1.87 bits per heavy atom. The molecule has 30 heavy (non-hydrogen) atoms. The van der Waals surface area contributed by atoms with Gasteiger partial charge < -0.3 is 9.15 Å². The van der Waals surface area contributed by atoms with Gasteiger partial charge in [-0.1, -0.05) is 43.0 Å². The fourth-order valence-corrected chi connectivity index (χ4v) is 3.29. The molecule has 1 heterocycles. The van der Waals surface area contributed by atoms with E-state index in [1.807, 2.05) is 37.3 Å². The Kier molecular flexibility index (Phi) is 5.48. The molecule has 0 aliphatic carbocycles. The zero-order chi connectivity index (χ0) is 21.1. The normalized spacial score (nSPS) is 11.4. The van der Waals surface area contributed by atoms with Gasteiger partial charge in [-0.15, -0.1) is 0 Å². The second-order valence-electron chi connectivity index (χ2n) is 7.26. The van der Waals surface area contributed by atoms with Crippen molar-refractivity contribution in [3.05, 3.63) is 106 Å². The van der Waals surface area contributed by atoms with Crippen molar-refractivity contribution in [2.45, 2.75) is 13.3 Å². The second kappa shape index (κ2) is 8.37. The van der Waals surface area contributed by atoms with E-state index in [1.165, 1.54) is 12.1 Å². The van der Waals surface area contributed by atoms with Crippen molar-refractivity contribution in [2.24, 2.45) is 0 Å². The molecule has 0 aliphatic rings. The predicted octanol–water partition coefficient (Wildman–Crippen LogP) is 6.30. The lowest BCUT2D eigenvalue weighted by molar-refractivity contribution is 0.356. The number of rotatable bonds is 6. The summed E-state index contributed by atoms with van der Waals surface area (Å²) < 4.78 is 25.0. The molecule has 1 aromatic heterocycles. The Labute approximate surface area is 173 Å². The molecule has 3 nitrogen and oxygen atoms in total. The standard InChI is InChI=1S/C26H21FO3/c1-17(2)16-29-23-15-12-19(7-5-6-18-10-13-20(27)14-11-18)26-24(23)25(28)21-8-3-4-9-22(21)30-26/h3-5,7-15H,1,6,16H2,2H3. The van der Waals surface area contributed by atoms with Crippen LogP contribution < -0.4 is 10.2 Å². The van der Waals surface area contributed by atoms with Crippen molar-refractivity contribution in [1.29, 1.82) is 0 Å². The molecular formula is C26H21FO3. The predicted molar refractivity (Wildman–Crippen MR) is 119 cm³/mol. The molecule has 0 fully saturated rings. The lowest BCUT2D eigenvalue weighted by Gasteiger charge is -2.11. The first-order valence-corrected chi connectivity index (χ1v) is 9.69. The maximum Gasteiger partial charge on any atom is 0.204 e. The smallest absolute Gasteiger partial charge is 0.204 e. The van der Waals surface area contributed by atoms with Crippen LogP contribution >= 0.6 is 0 Å². The Balaban J connectivity index is 1.80. The lowest BCUT2D eigenvalue weighted by atomic mass is 10.1. The highest BCUT2D eigenvalue weighted by molar-refractivity contribution is 5.97.